The maximum atomic E-state index is 13.5. The molecule has 0 amide bonds. The Morgan fingerprint density at radius 1 is 1.25 bits per heavy atom. The molecule has 4 rings (SSSR count). The molecule has 0 saturated heterocycles. The number of benzene rings is 2. The second-order valence-corrected chi connectivity index (χ2v) is 11.2. The predicted octanol–water partition coefficient (Wildman–Crippen LogP) is 3.77. The van der Waals surface area contributed by atoms with E-state index < -0.39 is 16.0 Å². The van der Waals surface area contributed by atoms with Gasteiger partial charge in [-0.3, -0.25) is 9.48 Å². The van der Waals surface area contributed by atoms with Gasteiger partial charge in [0.1, 0.15) is 16.7 Å². The van der Waals surface area contributed by atoms with Crippen LogP contribution in [0.3, 0.4) is 0 Å². The van der Waals surface area contributed by atoms with Gasteiger partial charge in [-0.2, -0.15) is 4.31 Å². The van der Waals surface area contributed by atoms with Gasteiger partial charge in [-0.25, -0.2) is 8.42 Å². The Morgan fingerprint density at radius 2 is 2.03 bits per heavy atom. The minimum atomic E-state index is -3.77. The van der Waals surface area contributed by atoms with Crippen molar-refractivity contribution in [3.05, 3.63) is 71.0 Å². The molecule has 2 aromatic carbocycles. The van der Waals surface area contributed by atoms with Crippen LogP contribution in [0.4, 0.5) is 0 Å². The Hall–Kier alpha value is -3.24. The Kier molecular flexibility index (Phi) is 7.75. The number of ether oxygens (including phenoxy) is 1. The molecule has 192 valence electrons. The number of para-hydroxylation sites is 1. The van der Waals surface area contributed by atoms with Crippen molar-refractivity contribution in [1.82, 2.24) is 19.3 Å². The smallest absolute Gasteiger partial charge is 0.303 e. The summed E-state index contributed by atoms with van der Waals surface area (Å²) in [4.78, 5) is 11.8. The van der Waals surface area contributed by atoms with Crippen LogP contribution >= 0.6 is 0 Å². The zero-order valence-corrected chi connectivity index (χ0v) is 21.6. The number of fused-ring (bicyclic) bond motifs is 1. The number of nitrogens with zero attached hydrogens (tertiary/aromatic N) is 4. The summed E-state index contributed by atoms with van der Waals surface area (Å²) in [6.07, 6.45) is 2.74. The quantitative estimate of drug-likeness (QED) is 0.464. The fraction of sp³-hybridized carbons (Fsp3) is 0.423. The van der Waals surface area contributed by atoms with E-state index in [0.717, 1.165) is 28.9 Å². The molecule has 1 aromatic heterocycles. The third-order valence-electron chi connectivity index (χ3n) is 6.53. The van der Waals surface area contributed by atoms with Gasteiger partial charge in [-0.05, 0) is 68.4 Å². The lowest BCUT2D eigenvalue weighted by Gasteiger charge is -2.23. The average molecular weight is 513 g/mol. The molecule has 0 fully saturated rings. The highest BCUT2D eigenvalue weighted by Gasteiger charge is 2.33. The Labute approximate surface area is 211 Å². The molecule has 1 aliphatic heterocycles. The monoisotopic (exact) mass is 512 g/mol. The fourth-order valence-corrected chi connectivity index (χ4v) is 6.14. The van der Waals surface area contributed by atoms with Crippen molar-refractivity contribution in [2.24, 2.45) is 0 Å². The average Bonchev–Trinajstić information content (AvgIpc) is 3.27. The summed E-state index contributed by atoms with van der Waals surface area (Å²) in [5, 5.41) is 17.8. The molecule has 0 aliphatic carbocycles. The SMILES string of the molecule is CCn1cc(CCC(CC(=O)O)c2ccc(C)c(CN3CC(C)Oc4ccccc4S3(=O)=O)c2)nn1. The number of aryl methyl sites for hydroxylation is 3. The van der Waals surface area contributed by atoms with E-state index in [1.54, 1.807) is 28.9 Å². The van der Waals surface area contributed by atoms with Gasteiger partial charge in [0.15, 0.2) is 0 Å². The van der Waals surface area contributed by atoms with Gasteiger partial charge in [0, 0.05) is 19.3 Å². The number of carboxylic acid groups (broad SMARTS) is 1. The lowest BCUT2D eigenvalue weighted by Crippen LogP contribution is -2.35. The second-order valence-electron chi connectivity index (χ2n) is 9.26. The van der Waals surface area contributed by atoms with E-state index in [2.05, 4.69) is 10.3 Å². The summed E-state index contributed by atoms with van der Waals surface area (Å²) in [7, 11) is -3.77. The molecule has 0 saturated carbocycles. The Morgan fingerprint density at radius 3 is 2.75 bits per heavy atom. The number of rotatable bonds is 9. The van der Waals surface area contributed by atoms with Crippen LogP contribution in [-0.4, -0.2) is 51.4 Å². The molecule has 0 radical (unpaired) electrons. The van der Waals surface area contributed by atoms with Gasteiger partial charge in [0.25, 0.3) is 0 Å². The van der Waals surface area contributed by atoms with Gasteiger partial charge in [-0.1, -0.05) is 35.5 Å². The molecule has 2 heterocycles. The number of carbonyl (C=O) groups is 1. The molecule has 10 heteroatoms. The first-order chi connectivity index (χ1) is 17.2. The summed E-state index contributed by atoms with van der Waals surface area (Å²) in [5.41, 5.74) is 3.48. The van der Waals surface area contributed by atoms with Crippen LogP contribution < -0.4 is 4.74 Å². The summed E-state index contributed by atoms with van der Waals surface area (Å²) < 4.78 is 36.1. The first kappa shape index (κ1) is 25.8. The maximum absolute atomic E-state index is 13.5. The number of carboxylic acids is 1. The normalized spacial score (nSPS) is 18.1. The van der Waals surface area contributed by atoms with Gasteiger partial charge in [0.05, 0.1) is 18.7 Å². The van der Waals surface area contributed by atoms with Crippen LogP contribution in [0, 0.1) is 6.92 Å². The third-order valence-corrected chi connectivity index (χ3v) is 8.38. The highest BCUT2D eigenvalue weighted by Crippen LogP contribution is 2.33. The van der Waals surface area contributed by atoms with Crippen LogP contribution in [0.2, 0.25) is 0 Å². The van der Waals surface area contributed by atoms with Crippen LogP contribution in [0.1, 0.15) is 55.0 Å². The van der Waals surface area contributed by atoms with E-state index in [1.807, 2.05) is 45.2 Å². The highest BCUT2D eigenvalue weighted by atomic mass is 32.2. The topological polar surface area (TPSA) is 115 Å². The van der Waals surface area contributed by atoms with Crippen molar-refractivity contribution < 1.29 is 23.1 Å². The predicted molar refractivity (Wildman–Crippen MR) is 134 cm³/mol. The van der Waals surface area contributed by atoms with Crippen LogP contribution in [0.5, 0.6) is 5.75 Å². The van der Waals surface area contributed by atoms with E-state index in [4.69, 9.17) is 4.74 Å². The van der Waals surface area contributed by atoms with Crippen molar-refractivity contribution in [3.63, 3.8) is 0 Å². The number of aromatic nitrogens is 3. The molecule has 9 nitrogen and oxygen atoms in total. The summed E-state index contributed by atoms with van der Waals surface area (Å²) in [6, 6.07) is 12.5. The van der Waals surface area contributed by atoms with Gasteiger partial charge >= 0.3 is 5.97 Å². The minimum Gasteiger partial charge on any atom is -0.488 e. The Bertz CT molecular complexity index is 1340. The molecule has 36 heavy (non-hydrogen) atoms. The third kappa shape index (κ3) is 5.76. The molecular weight excluding hydrogens is 480 g/mol. The molecule has 2 atom stereocenters. The summed E-state index contributed by atoms with van der Waals surface area (Å²) in [6.45, 7) is 6.88. The van der Waals surface area contributed by atoms with Gasteiger partial charge in [0.2, 0.25) is 10.0 Å². The maximum Gasteiger partial charge on any atom is 0.303 e. The second kappa shape index (κ2) is 10.8. The van der Waals surface area contributed by atoms with E-state index in [9.17, 15) is 18.3 Å². The minimum absolute atomic E-state index is 0.0231. The first-order valence-electron chi connectivity index (χ1n) is 12.1. The summed E-state index contributed by atoms with van der Waals surface area (Å²) in [5.74, 6) is -0.756. The van der Waals surface area contributed by atoms with Crippen LogP contribution in [0.25, 0.3) is 0 Å². The zero-order valence-electron chi connectivity index (χ0n) is 20.8. The first-order valence-corrected chi connectivity index (χ1v) is 13.6. The lowest BCUT2D eigenvalue weighted by atomic mass is 9.88. The fourth-order valence-electron chi connectivity index (χ4n) is 4.52. The standard InChI is InChI=1S/C26H32N4O5S/c1-4-29-17-23(27-28-29)12-11-21(14-26(31)32)20-10-9-18(2)22(13-20)16-30-15-19(3)35-24-7-5-6-8-25(24)36(30,33)34/h5-10,13,17,19,21H,4,11-12,14-16H2,1-3H3,(H,31,32). The van der Waals surface area contributed by atoms with Crippen molar-refractivity contribution in [2.45, 2.75) is 70.0 Å². The van der Waals surface area contributed by atoms with E-state index >= 15 is 0 Å². The number of sulfonamides is 1. The van der Waals surface area contributed by atoms with E-state index in [1.165, 1.54) is 4.31 Å². The summed E-state index contributed by atoms with van der Waals surface area (Å²) >= 11 is 0. The lowest BCUT2D eigenvalue weighted by molar-refractivity contribution is -0.137. The molecule has 1 aliphatic rings. The van der Waals surface area contributed by atoms with Crippen molar-refractivity contribution in [2.75, 3.05) is 6.54 Å². The molecule has 1 N–H and O–H groups in total. The molecule has 2 unspecified atom stereocenters. The molecule has 0 bridgehead atoms. The van der Waals surface area contributed by atoms with Crippen LogP contribution in [-0.2, 0) is 34.3 Å². The van der Waals surface area contributed by atoms with Gasteiger partial charge < -0.3 is 9.84 Å². The van der Waals surface area contributed by atoms with Crippen molar-refractivity contribution in [1.29, 1.82) is 0 Å². The van der Waals surface area contributed by atoms with E-state index in [-0.39, 0.29) is 36.4 Å². The largest absolute Gasteiger partial charge is 0.488 e. The highest BCUT2D eigenvalue weighted by molar-refractivity contribution is 7.89. The van der Waals surface area contributed by atoms with E-state index in [0.29, 0.717) is 18.6 Å². The molecule has 3 aromatic rings. The molecule has 0 spiro atoms. The number of aliphatic carboxylic acids is 1. The molecular formula is C26H32N4O5S. The van der Waals surface area contributed by atoms with Crippen molar-refractivity contribution in [3.8, 4) is 5.75 Å². The van der Waals surface area contributed by atoms with Crippen molar-refractivity contribution >= 4 is 16.0 Å². The van der Waals surface area contributed by atoms with Gasteiger partial charge in [-0.15, -0.1) is 5.10 Å². The van der Waals surface area contributed by atoms with Crippen LogP contribution in [0.15, 0.2) is 53.6 Å². The zero-order chi connectivity index (χ0) is 25.9. The number of hydrogen-bond donors (Lipinski definition) is 1. The number of hydrogen-bond acceptors (Lipinski definition) is 6. The Balaban J connectivity index is 1.60.